The van der Waals surface area contributed by atoms with Gasteiger partial charge in [-0.3, -0.25) is 9.69 Å². The van der Waals surface area contributed by atoms with Crippen LogP contribution in [0.4, 0.5) is 9.52 Å². The van der Waals surface area contributed by atoms with Gasteiger partial charge in [-0.1, -0.05) is 37.7 Å². The van der Waals surface area contributed by atoms with Gasteiger partial charge in [0.2, 0.25) is 5.91 Å². The summed E-state index contributed by atoms with van der Waals surface area (Å²) < 4.78 is 14.7. The Hall–Kier alpha value is -1.24. The van der Waals surface area contributed by atoms with Gasteiger partial charge in [-0.25, -0.2) is 9.37 Å². The van der Waals surface area contributed by atoms with Crippen LogP contribution in [0.2, 0.25) is 0 Å². The largest absolute Gasteiger partial charge is 0.302 e. The number of fused-ring (bicyclic) bond motifs is 1. The summed E-state index contributed by atoms with van der Waals surface area (Å²) in [5.74, 6) is -0.0683. The van der Waals surface area contributed by atoms with E-state index in [0.29, 0.717) is 17.2 Å². The summed E-state index contributed by atoms with van der Waals surface area (Å²) in [4.78, 5) is 21.4. The fourth-order valence-electron chi connectivity index (χ4n) is 2.98. The van der Waals surface area contributed by atoms with E-state index in [1.807, 2.05) is 6.07 Å². The number of para-hydroxylation sites is 1. The van der Waals surface area contributed by atoms with E-state index in [9.17, 15) is 9.18 Å². The molecule has 4 nitrogen and oxygen atoms in total. The van der Waals surface area contributed by atoms with Crippen molar-refractivity contribution in [3.8, 4) is 0 Å². The zero-order chi connectivity index (χ0) is 17.1. The summed E-state index contributed by atoms with van der Waals surface area (Å²) in [6, 6.07) is 4.96. The molecule has 1 saturated carbocycles. The molecule has 0 N–H and O–H groups in total. The summed E-state index contributed by atoms with van der Waals surface area (Å²) >= 11 is 1.40. The van der Waals surface area contributed by atoms with Gasteiger partial charge in [0.15, 0.2) is 5.13 Å². The summed E-state index contributed by atoms with van der Waals surface area (Å²) in [5, 5.41) is 0.624. The van der Waals surface area contributed by atoms with Gasteiger partial charge in [-0.15, -0.1) is 12.4 Å². The van der Waals surface area contributed by atoms with Gasteiger partial charge in [0.05, 0.1) is 4.70 Å². The summed E-state index contributed by atoms with van der Waals surface area (Å²) in [5.41, 5.74) is 0.367. The molecule has 1 amide bonds. The van der Waals surface area contributed by atoms with Crippen LogP contribution in [0, 0.1) is 11.7 Å². The Morgan fingerprint density at radius 2 is 2.00 bits per heavy atom. The molecule has 3 rings (SSSR count). The van der Waals surface area contributed by atoms with Gasteiger partial charge in [-0.05, 0) is 38.1 Å². The van der Waals surface area contributed by atoms with Gasteiger partial charge in [0.25, 0.3) is 0 Å². The number of carbonyl (C=O) groups excluding carboxylic acids is 1. The number of aromatic nitrogens is 1. The van der Waals surface area contributed by atoms with Crippen LogP contribution in [0.1, 0.15) is 33.1 Å². The first kappa shape index (κ1) is 20.1. The summed E-state index contributed by atoms with van der Waals surface area (Å²) in [6.45, 7) is 7.57. The topological polar surface area (TPSA) is 36.4 Å². The van der Waals surface area contributed by atoms with E-state index < -0.39 is 0 Å². The molecule has 1 aliphatic carbocycles. The second-order valence-corrected chi connectivity index (χ2v) is 7.24. The number of benzene rings is 1. The highest BCUT2D eigenvalue weighted by molar-refractivity contribution is 7.22. The minimum atomic E-state index is -0.324. The van der Waals surface area contributed by atoms with Crippen molar-refractivity contribution < 1.29 is 9.18 Å². The van der Waals surface area contributed by atoms with E-state index in [-0.39, 0.29) is 30.0 Å². The number of nitrogens with zero attached hydrogens (tertiary/aromatic N) is 3. The lowest BCUT2D eigenvalue weighted by atomic mass is 9.84. The van der Waals surface area contributed by atoms with Gasteiger partial charge in [0, 0.05) is 19.0 Å². The highest BCUT2D eigenvalue weighted by Gasteiger charge is 2.31. The number of halogens is 2. The Bertz CT molecular complexity index is 715. The highest BCUT2D eigenvalue weighted by atomic mass is 35.5. The number of thiazole rings is 1. The quantitative estimate of drug-likeness (QED) is 0.711. The Kier molecular flexibility index (Phi) is 7.16. The molecule has 1 aromatic carbocycles. The fraction of sp³-hybridized carbons (Fsp3) is 0.556. The van der Waals surface area contributed by atoms with E-state index >= 15 is 0 Å². The van der Waals surface area contributed by atoms with Crippen LogP contribution in [-0.2, 0) is 4.79 Å². The smallest absolute Gasteiger partial charge is 0.231 e. The lowest BCUT2D eigenvalue weighted by Crippen LogP contribution is -2.43. The lowest BCUT2D eigenvalue weighted by molar-refractivity contribution is -0.124. The maximum absolute atomic E-state index is 14.0. The SMILES string of the molecule is CCN(CC)CCN(C(=O)C1CCC1)c1nc2c(F)cccc2s1.Cl. The third-order valence-corrected chi connectivity index (χ3v) is 5.89. The lowest BCUT2D eigenvalue weighted by Gasteiger charge is -2.31. The highest BCUT2D eigenvalue weighted by Crippen LogP contribution is 2.34. The molecule has 0 saturated heterocycles. The van der Waals surface area contributed by atoms with E-state index in [0.717, 1.165) is 43.6 Å². The number of hydrogen-bond donors (Lipinski definition) is 0. The molecule has 1 heterocycles. The van der Waals surface area contributed by atoms with Crippen molar-refractivity contribution in [1.82, 2.24) is 9.88 Å². The third-order valence-electron chi connectivity index (χ3n) is 4.84. The molecule has 1 fully saturated rings. The van der Waals surface area contributed by atoms with Gasteiger partial charge in [-0.2, -0.15) is 0 Å². The van der Waals surface area contributed by atoms with E-state index in [2.05, 4.69) is 23.7 Å². The van der Waals surface area contributed by atoms with Gasteiger partial charge < -0.3 is 4.90 Å². The second kappa shape index (κ2) is 8.92. The van der Waals surface area contributed by atoms with E-state index in [4.69, 9.17) is 0 Å². The standard InChI is InChI=1S/C18H24FN3OS.ClH/c1-3-21(4-2)11-12-22(17(23)13-7-5-8-13)18-20-16-14(19)9-6-10-15(16)24-18;/h6,9-10,13H,3-5,7-8,11-12H2,1-2H3;1H. The Morgan fingerprint density at radius 3 is 2.56 bits per heavy atom. The molecule has 2 aromatic rings. The first-order chi connectivity index (χ1) is 11.6. The van der Waals surface area contributed by atoms with Crippen LogP contribution in [0.25, 0.3) is 10.2 Å². The molecule has 0 bridgehead atoms. The molecule has 0 spiro atoms. The second-order valence-electron chi connectivity index (χ2n) is 6.23. The molecular weight excluding hydrogens is 361 g/mol. The molecule has 1 aromatic heterocycles. The van der Waals surface area contributed by atoms with Crippen molar-refractivity contribution in [2.45, 2.75) is 33.1 Å². The van der Waals surface area contributed by atoms with Crippen molar-refractivity contribution in [1.29, 1.82) is 0 Å². The number of anilines is 1. The Labute approximate surface area is 158 Å². The van der Waals surface area contributed by atoms with Crippen molar-refractivity contribution in [3.05, 3.63) is 24.0 Å². The first-order valence-electron chi connectivity index (χ1n) is 8.72. The number of carbonyl (C=O) groups is 1. The molecule has 25 heavy (non-hydrogen) atoms. The molecule has 0 aliphatic heterocycles. The van der Waals surface area contributed by atoms with Crippen LogP contribution in [0.15, 0.2) is 18.2 Å². The molecule has 0 atom stereocenters. The number of hydrogen-bond acceptors (Lipinski definition) is 4. The van der Waals surface area contributed by atoms with Crippen molar-refractivity contribution in [3.63, 3.8) is 0 Å². The Morgan fingerprint density at radius 1 is 1.28 bits per heavy atom. The number of rotatable bonds is 7. The van der Waals surface area contributed by atoms with Gasteiger partial charge >= 0.3 is 0 Å². The molecule has 1 aliphatic rings. The number of likely N-dealkylation sites (N-methyl/N-ethyl adjacent to an activating group) is 1. The average Bonchev–Trinajstić information content (AvgIpc) is 2.95. The monoisotopic (exact) mass is 385 g/mol. The fourth-order valence-corrected chi connectivity index (χ4v) is 3.99. The third kappa shape index (κ3) is 4.30. The summed E-state index contributed by atoms with van der Waals surface area (Å²) in [7, 11) is 0. The normalized spacial score (nSPS) is 14.4. The maximum Gasteiger partial charge on any atom is 0.231 e. The summed E-state index contributed by atoms with van der Waals surface area (Å²) in [6.07, 6.45) is 3.04. The zero-order valence-corrected chi connectivity index (χ0v) is 16.3. The first-order valence-corrected chi connectivity index (χ1v) is 9.54. The van der Waals surface area contributed by atoms with Crippen LogP contribution in [-0.4, -0.2) is 42.0 Å². The van der Waals surface area contributed by atoms with E-state index in [1.54, 1.807) is 11.0 Å². The van der Waals surface area contributed by atoms with E-state index in [1.165, 1.54) is 17.4 Å². The predicted molar refractivity (Wildman–Crippen MR) is 104 cm³/mol. The number of amides is 1. The van der Waals surface area contributed by atoms with Crippen molar-refractivity contribution in [2.24, 2.45) is 5.92 Å². The molecule has 7 heteroatoms. The minimum Gasteiger partial charge on any atom is -0.302 e. The maximum atomic E-state index is 14.0. The molecule has 0 unspecified atom stereocenters. The Balaban J connectivity index is 0.00000225. The van der Waals surface area contributed by atoms with Gasteiger partial charge in [0.1, 0.15) is 11.3 Å². The minimum absolute atomic E-state index is 0. The molecular formula is C18H25ClFN3OS. The van der Waals surface area contributed by atoms with Crippen LogP contribution in [0.3, 0.4) is 0 Å². The zero-order valence-electron chi connectivity index (χ0n) is 14.7. The molecule has 138 valence electrons. The van der Waals surface area contributed by atoms with Crippen molar-refractivity contribution in [2.75, 3.05) is 31.1 Å². The van der Waals surface area contributed by atoms with Crippen LogP contribution >= 0.6 is 23.7 Å². The van der Waals surface area contributed by atoms with Crippen LogP contribution in [0.5, 0.6) is 0 Å². The molecule has 0 radical (unpaired) electrons. The van der Waals surface area contributed by atoms with Crippen LogP contribution < -0.4 is 4.90 Å². The van der Waals surface area contributed by atoms with Crippen molar-refractivity contribution >= 4 is 45.0 Å². The average molecular weight is 386 g/mol. The predicted octanol–water partition coefficient (Wildman–Crippen LogP) is 4.33.